The predicted molar refractivity (Wildman–Crippen MR) is 82.0 cm³/mol. The van der Waals surface area contributed by atoms with Crippen LogP contribution in [0.15, 0.2) is 34.9 Å². The van der Waals surface area contributed by atoms with E-state index in [4.69, 9.17) is 4.52 Å². The fourth-order valence-corrected chi connectivity index (χ4v) is 2.86. The number of carbonyl (C=O) groups is 1. The van der Waals surface area contributed by atoms with E-state index in [0.29, 0.717) is 24.7 Å². The van der Waals surface area contributed by atoms with E-state index in [-0.39, 0.29) is 11.8 Å². The summed E-state index contributed by atoms with van der Waals surface area (Å²) in [5, 5.41) is 6.83. The van der Waals surface area contributed by atoms with Crippen LogP contribution in [0, 0.1) is 5.92 Å². The molecule has 22 heavy (non-hydrogen) atoms. The van der Waals surface area contributed by atoms with Crippen molar-refractivity contribution in [2.24, 2.45) is 5.92 Å². The largest absolute Gasteiger partial charge is 0.348 e. The van der Waals surface area contributed by atoms with Crippen molar-refractivity contribution in [2.75, 3.05) is 0 Å². The zero-order valence-electron chi connectivity index (χ0n) is 12.6. The van der Waals surface area contributed by atoms with Gasteiger partial charge in [0, 0.05) is 12.3 Å². The lowest BCUT2D eigenvalue weighted by Gasteiger charge is -2.07. The van der Waals surface area contributed by atoms with Gasteiger partial charge in [0.15, 0.2) is 5.82 Å². The van der Waals surface area contributed by atoms with Crippen molar-refractivity contribution in [3.05, 3.63) is 47.6 Å². The summed E-state index contributed by atoms with van der Waals surface area (Å²) in [5.41, 5.74) is 1.25. The van der Waals surface area contributed by atoms with Gasteiger partial charge in [0.2, 0.25) is 11.8 Å². The first kappa shape index (κ1) is 14.8. The summed E-state index contributed by atoms with van der Waals surface area (Å²) in [5.74, 6) is 1.46. The SMILES string of the molecule is O=C(NCc1noc(CCc2ccccc2)n1)C1CCCC1. The van der Waals surface area contributed by atoms with Crippen molar-refractivity contribution < 1.29 is 9.32 Å². The van der Waals surface area contributed by atoms with Gasteiger partial charge in [-0.15, -0.1) is 0 Å². The van der Waals surface area contributed by atoms with Gasteiger partial charge >= 0.3 is 0 Å². The number of nitrogens with zero attached hydrogens (tertiary/aromatic N) is 2. The molecule has 1 aliphatic carbocycles. The van der Waals surface area contributed by atoms with Crippen LogP contribution in [0.5, 0.6) is 0 Å². The maximum atomic E-state index is 11.9. The number of nitrogens with one attached hydrogen (secondary N) is 1. The summed E-state index contributed by atoms with van der Waals surface area (Å²) in [6, 6.07) is 10.2. The maximum Gasteiger partial charge on any atom is 0.227 e. The molecular formula is C17H21N3O2. The third-order valence-electron chi connectivity index (χ3n) is 4.13. The molecule has 1 amide bonds. The van der Waals surface area contributed by atoms with E-state index in [1.54, 1.807) is 0 Å². The molecule has 0 spiro atoms. The second-order valence-electron chi connectivity index (χ2n) is 5.79. The Balaban J connectivity index is 1.45. The van der Waals surface area contributed by atoms with Crippen molar-refractivity contribution in [3.8, 4) is 0 Å². The maximum absolute atomic E-state index is 11.9. The van der Waals surface area contributed by atoms with Gasteiger partial charge in [-0.2, -0.15) is 4.98 Å². The minimum atomic E-state index is 0.119. The van der Waals surface area contributed by atoms with Crippen molar-refractivity contribution in [2.45, 2.75) is 45.1 Å². The molecule has 0 radical (unpaired) electrons. The van der Waals surface area contributed by atoms with E-state index in [1.165, 1.54) is 5.56 Å². The Labute approximate surface area is 130 Å². The highest BCUT2D eigenvalue weighted by Crippen LogP contribution is 2.24. The molecule has 5 nitrogen and oxygen atoms in total. The Kier molecular flexibility index (Phi) is 4.83. The summed E-state index contributed by atoms with van der Waals surface area (Å²) in [7, 11) is 0. The molecular weight excluding hydrogens is 278 g/mol. The molecule has 1 N–H and O–H groups in total. The molecule has 0 saturated heterocycles. The number of hydrogen-bond acceptors (Lipinski definition) is 4. The van der Waals surface area contributed by atoms with Crippen molar-refractivity contribution >= 4 is 5.91 Å². The van der Waals surface area contributed by atoms with Gasteiger partial charge in [0.25, 0.3) is 0 Å². The number of carbonyl (C=O) groups excluding carboxylic acids is 1. The number of amides is 1. The number of benzene rings is 1. The summed E-state index contributed by atoms with van der Waals surface area (Å²) in [6.45, 7) is 0.351. The zero-order valence-corrected chi connectivity index (χ0v) is 12.6. The molecule has 0 aliphatic heterocycles. The minimum absolute atomic E-state index is 0.119. The lowest BCUT2D eigenvalue weighted by atomic mass is 10.1. The summed E-state index contributed by atoms with van der Waals surface area (Å²) >= 11 is 0. The highest BCUT2D eigenvalue weighted by atomic mass is 16.5. The zero-order chi connectivity index (χ0) is 15.2. The normalized spacial score (nSPS) is 15.1. The van der Waals surface area contributed by atoms with Crippen LogP contribution in [0.3, 0.4) is 0 Å². The average molecular weight is 299 g/mol. The van der Waals surface area contributed by atoms with Gasteiger partial charge in [0.05, 0.1) is 6.54 Å². The van der Waals surface area contributed by atoms with Gasteiger partial charge in [-0.1, -0.05) is 48.3 Å². The molecule has 1 aromatic carbocycles. The molecule has 116 valence electrons. The molecule has 1 aromatic heterocycles. The van der Waals surface area contributed by atoms with Crippen LogP contribution < -0.4 is 5.32 Å². The minimum Gasteiger partial charge on any atom is -0.348 e. The van der Waals surface area contributed by atoms with Crippen LogP contribution in [0.1, 0.15) is 43.0 Å². The van der Waals surface area contributed by atoms with Gasteiger partial charge in [-0.3, -0.25) is 4.79 Å². The molecule has 1 fully saturated rings. The smallest absolute Gasteiger partial charge is 0.227 e. The monoisotopic (exact) mass is 299 g/mol. The van der Waals surface area contributed by atoms with E-state index in [1.807, 2.05) is 18.2 Å². The highest BCUT2D eigenvalue weighted by Gasteiger charge is 2.22. The van der Waals surface area contributed by atoms with E-state index >= 15 is 0 Å². The topological polar surface area (TPSA) is 68.0 Å². The fourth-order valence-electron chi connectivity index (χ4n) is 2.86. The fraction of sp³-hybridized carbons (Fsp3) is 0.471. The molecule has 3 rings (SSSR count). The quantitative estimate of drug-likeness (QED) is 0.890. The molecule has 2 aromatic rings. The Morgan fingerprint density at radius 1 is 1.18 bits per heavy atom. The number of aromatic nitrogens is 2. The Morgan fingerprint density at radius 3 is 2.73 bits per heavy atom. The van der Waals surface area contributed by atoms with Crippen molar-refractivity contribution in [1.29, 1.82) is 0 Å². The molecule has 5 heteroatoms. The molecule has 1 heterocycles. The first-order valence-corrected chi connectivity index (χ1v) is 7.94. The summed E-state index contributed by atoms with van der Waals surface area (Å²) in [4.78, 5) is 16.3. The molecule has 0 atom stereocenters. The van der Waals surface area contributed by atoms with Crippen LogP contribution in [-0.4, -0.2) is 16.0 Å². The highest BCUT2D eigenvalue weighted by molar-refractivity contribution is 5.78. The van der Waals surface area contributed by atoms with Crippen molar-refractivity contribution in [1.82, 2.24) is 15.5 Å². The van der Waals surface area contributed by atoms with Crippen LogP contribution >= 0.6 is 0 Å². The van der Waals surface area contributed by atoms with E-state index in [9.17, 15) is 4.79 Å². The number of aryl methyl sites for hydroxylation is 2. The van der Waals surface area contributed by atoms with Gasteiger partial charge in [0.1, 0.15) is 0 Å². The molecule has 1 aliphatic rings. The number of rotatable bonds is 6. The third kappa shape index (κ3) is 3.93. The second kappa shape index (κ2) is 7.20. The van der Waals surface area contributed by atoms with Crippen LogP contribution in [0.4, 0.5) is 0 Å². The second-order valence-corrected chi connectivity index (χ2v) is 5.79. The third-order valence-corrected chi connectivity index (χ3v) is 4.13. The Morgan fingerprint density at radius 2 is 1.95 bits per heavy atom. The average Bonchev–Trinajstić information content (AvgIpc) is 3.23. The lowest BCUT2D eigenvalue weighted by Crippen LogP contribution is -2.29. The predicted octanol–water partition coefficient (Wildman–Crippen LogP) is 2.66. The van der Waals surface area contributed by atoms with Crippen LogP contribution in [-0.2, 0) is 24.2 Å². The van der Waals surface area contributed by atoms with Gasteiger partial charge in [-0.05, 0) is 24.8 Å². The lowest BCUT2D eigenvalue weighted by molar-refractivity contribution is -0.125. The summed E-state index contributed by atoms with van der Waals surface area (Å²) in [6.07, 6.45) is 5.90. The first-order chi connectivity index (χ1) is 10.8. The van der Waals surface area contributed by atoms with Gasteiger partial charge in [-0.25, -0.2) is 0 Å². The van der Waals surface area contributed by atoms with Crippen molar-refractivity contribution in [3.63, 3.8) is 0 Å². The van der Waals surface area contributed by atoms with E-state index < -0.39 is 0 Å². The first-order valence-electron chi connectivity index (χ1n) is 7.94. The molecule has 1 saturated carbocycles. The number of hydrogen-bond donors (Lipinski definition) is 1. The Hall–Kier alpha value is -2.17. The van der Waals surface area contributed by atoms with E-state index in [0.717, 1.165) is 32.1 Å². The van der Waals surface area contributed by atoms with Gasteiger partial charge < -0.3 is 9.84 Å². The molecule has 0 bridgehead atoms. The Bertz CT molecular complexity index is 603. The summed E-state index contributed by atoms with van der Waals surface area (Å²) < 4.78 is 5.23. The van der Waals surface area contributed by atoms with Crippen LogP contribution in [0.25, 0.3) is 0 Å². The standard InChI is InChI=1S/C17H21N3O2/c21-17(14-8-4-5-9-14)18-12-15-19-16(22-20-15)11-10-13-6-2-1-3-7-13/h1-3,6-7,14H,4-5,8-12H2,(H,18,21). The van der Waals surface area contributed by atoms with Crippen LogP contribution in [0.2, 0.25) is 0 Å². The molecule has 0 unspecified atom stereocenters. The van der Waals surface area contributed by atoms with E-state index in [2.05, 4.69) is 27.6 Å².